The van der Waals surface area contributed by atoms with Gasteiger partial charge in [0.15, 0.2) is 0 Å². The van der Waals surface area contributed by atoms with Crippen LogP contribution in [0.1, 0.15) is 72.6 Å². The van der Waals surface area contributed by atoms with Crippen LogP contribution in [-0.2, 0) is 24.0 Å². The van der Waals surface area contributed by atoms with Crippen LogP contribution in [-0.4, -0.2) is 70.6 Å². The van der Waals surface area contributed by atoms with Gasteiger partial charge >= 0.3 is 11.9 Å². The predicted molar refractivity (Wildman–Crippen MR) is 130 cm³/mol. The molecule has 0 radical (unpaired) electrons. The van der Waals surface area contributed by atoms with Gasteiger partial charge in [-0.15, -0.1) is 0 Å². The molecule has 0 aromatic carbocycles. The molecule has 3 amide bonds. The van der Waals surface area contributed by atoms with Gasteiger partial charge in [-0.3, -0.25) is 19.2 Å². The molecule has 0 saturated carbocycles. The topological polar surface area (TPSA) is 214 Å². The summed E-state index contributed by atoms with van der Waals surface area (Å²) in [5.74, 6) is -4.45. The molecule has 5 atom stereocenters. The van der Waals surface area contributed by atoms with Gasteiger partial charge < -0.3 is 37.6 Å². The molecule has 0 bridgehead atoms. The standard InChI is InChI=1S/C23H43N5O7/c1-5-14(4)19(22(33)27-17(23(34)35)12-13(2)3)28-21(32)16(8-6-7-11-24)26-20(31)15(25)9-10-18(29)30/h13-17,19H,5-12,24-25H2,1-4H3,(H,26,31)(H,27,33)(H,28,32)(H,29,30)(H,34,35). The predicted octanol–water partition coefficient (Wildman–Crippen LogP) is -0.0613. The van der Waals surface area contributed by atoms with Crippen molar-refractivity contribution in [1.29, 1.82) is 0 Å². The molecule has 0 aromatic heterocycles. The Morgan fingerprint density at radius 3 is 1.91 bits per heavy atom. The van der Waals surface area contributed by atoms with Crippen LogP contribution in [0.15, 0.2) is 0 Å². The SMILES string of the molecule is CCC(C)C(NC(=O)C(CCCCN)NC(=O)C(N)CCC(=O)O)C(=O)NC(CC(C)C)C(=O)O. The number of nitrogens with two attached hydrogens (primary N) is 2. The van der Waals surface area contributed by atoms with Crippen molar-refractivity contribution >= 4 is 29.7 Å². The summed E-state index contributed by atoms with van der Waals surface area (Å²) < 4.78 is 0. The second-order valence-electron chi connectivity index (χ2n) is 9.29. The lowest BCUT2D eigenvalue weighted by Gasteiger charge is -2.28. The number of hydrogen-bond acceptors (Lipinski definition) is 7. The number of carboxylic acids is 2. The minimum Gasteiger partial charge on any atom is -0.481 e. The van der Waals surface area contributed by atoms with Crippen molar-refractivity contribution in [3.05, 3.63) is 0 Å². The largest absolute Gasteiger partial charge is 0.481 e. The second-order valence-corrected chi connectivity index (χ2v) is 9.29. The van der Waals surface area contributed by atoms with Crippen LogP contribution in [0.25, 0.3) is 0 Å². The summed E-state index contributed by atoms with van der Waals surface area (Å²) in [7, 11) is 0. The number of carbonyl (C=O) groups is 5. The Balaban J connectivity index is 5.54. The first-order chi connectivity index (χ1) is 16.3. The summed E-state index contributed by atoms with van der Waals surface area (Å²) in [5.41, 5.74) is 11.3. The molecule has 0 rings (SSSR count). The number of nitrogens with one attached hydrogen (secondary N) is 3. The van der Waals surface area contributed by atoms with E-state index >= 15 is 0 Å². The third kappa shape index (κ3) is 13.1. The molecule has 0 aliphatic rings. The summed E-state index contributed by atoms with van der Waals surface area (Å²) in [6.07, 6.45) is 1.74. The fraction of sp³-hybridized carbons (Fsp3) is 0.783. The van der Waals surface area contributed by atoms with Gasteiger partial charge in [0.05, 0.1) is 6.04 Å². The molecule has 5 unspecified atom stereocenters. The van der Waals surface area contributed by atoms with Crippen LogP contribution in [0.4, 0.5) is 0 Å². The lowest BCUT2D eigenvalue weighted by Crippen LogP contribution is -2.58. The van der Waals surface area contributed by atoms with Gasteiger partial charge in [-0.05, 0) is 50.5 Å². The number of carboxylic acid groups (broad SMARTS) is 2. The minimum atomic E-state index is -1.16. The Morgan fingerprint density at radius 2 is 1.43 bits per heavy atom. The number of unbranched alkanes of at least 4 members (excludes halogenated alkanes) is 1. The second kappa shape index (κ2) is 16.8. The highest BCUT2D eigenvalue weighted by atomic mass is 16.4. The molecule has 202 valence electrons. The molecular weight excluding hydrogens is 458 g/mol. The van der Waals surface area contributed by atoms with Crippen molar-refractivity contribution < 1.29 is 34.2 Å². The van der Waals surface area contributed by atoms with Crippen molar-refractivity contribution in [3.63, 3.8) is 0 Å². The van der Waals surface area contributed by atoms with Gasteiger partial charge in [0.25, 0.3) is 0 Å². The van der Waals surface area contributed by atoms with Gasteiger partial charge in [-0.1, -0.05) is 34.1 Å². The van der Waals surface area contributed by atoms with Crippen LogP contribution in [0.3, 0.4) is 0 Å². The van der Waals surface area contributed by atoms with Gasteiger partial charge in [-0.25, -0.2) is 4.79 Å². The molecule has 0 aliphatic heterocycles. The summed E-state index contributed by atoms with van der Waals surface area (Å²) in [6.45, 7) is 7.66. The van der Waals surface area contributed by atoms with Crippen molar-refractivity contribution in [2.24, 2.45) is 23.3 Å². The molecule has 9 N–H and O–H groups in total. The number of rotatable bonds is 18. The third-order valence-corrected chi connectivity index (χ3v) is 5.70. The monoisotopic (exact) mass is 501 g/mol. The first-order valence-corrected chi connectivity index (χ1v) is 12.1. The minimum absolute atomic E-state index is 0.0283. The molecule has 12 nitrogen and oxygen atoms in total. The Hall–Kier alpha value is -2.73. The zero-order valence-electron chi connectivity index (χ0n) is 21.2. The average molecular weight is 502 g/mol. The first-order valence-electron chi connectivity index (χ1n) is 12.1. The Kier molecular flexibility index (Phi) is 15.5. The molecule has 12 heteroatoms. The average Bonchev–Trinajstić information content (AvgIpc) is 2.78. The fourth-order valence-corrected chi connectivity index (χ4v) is 3.36. The van der Waals surface area contributed by atoms with Crippen LogP contribution in [0.5, 0.6) is 0 Å². The Labute approximate surface area is 206 Å². The molecule has 0 fully saturated rings. The van der Waals surface area contributed by atoms with Gasteiger partial charge in [-0.2, -0.15) is 0 Å². The number of carbonyl (C=O) groups excluding carboxylic acids is 3. The van der Waals surface area contributed by atoms with Crippen molar-refractivity contribution in [2.75, 3.05) is 6.54 Å². The van der Waals surface area contributed by atoms with Gasteiger partial charge in [0.2, 0.25) is 17.7 Å². The normalized spacial score (nSPS) is 15.4. The van der Waals surface area contributed by atoms with E-state index in [4.69, 9.17) is 16.6 Å². The van der Waals surface area contributed by atoms with E-state index in [1.807, 2.05) is 20.8 Å². The highest BCUT2D eigenvalue weighted by molar-refractivity contribution is 5.94. The van der Waals surface area contributed by atoms with Gasteiger partial charge in [0, 0.05) is 6.42 Å². The van der Waals surface area contributed by atoms with Crippen molar-refractivity contribution in [2.45, 2.75) is 96.8 Å². The number of hydrogen-bond donors (Lipinski definition) is 7. The van der Waals surface area contributed by atoms with Crippen LogP contribution in [0.2, 0.25) is 0 Å². The highest BCUT2D eigenvalue weighted by Gasteiger charge is 2.32. The zero-order chi connectivity index (χ0) is 27.1. The number of aliphatic carboxylic acids is 2. The van der Waals surface area contributed by atoms with E-state index in [0.29, 0.717) is 25.8 Å². The molecule has 0 heterocycles. The molecule has 0 spiro atoms. The lowest BCUT2D eigenvalue weighted by molar-refractivity contribution is -0.143. The maximum atomic E-state index is 13.1. The van der Waals surface area contributed by atoms with E-state index in [1.54, 1.807) is 6.92 Å². The maximum absolute atomic E-state index is 13.1. The van der Waals surface area contributed by atoms with Crippen LogP contribution < -0.4 is 27.4 Å². The van der Waals surface area contributed by atoms with E-state index in [0.717, 1.165) is 0 Å². The molecular formula is C23H43N5O7. The van der Waals surface area contributed by atoms with E-state index in [9.17, 15) is 29.1 Å². The van der Waals surface area contributed by atoms with E-state index < -0.39 is 53.8 Å². The molecule has 0 aliphatic carbocycles. The van der Waals surface area contributed by atoms with E-state index in [1.165, 1.54) is 0 Å². The Bertz CT molecular complexity index is 716. The van der Waals surface area contributed by atoms with Gasteiger partial charge in [0.1, 0.15) is 18.1 Å². The summed E-state index contributed by atoms with van der Waals surface area (Å²) in [5, 5.41) is 26.0. The van der Waals surface area contributed by atoms with Crippen molar-refractivity contribution in [1.82, 2.24) is 16.0 Å². The summed E-state index contributed by atoms with van der Waals surface area (Å²) in [6, 6.07) is -4.25. The zero-order valence-corrected chi connectivity index (χ0v) is 21.2. The smallest absolute Gasteiger partial charge is 0.326 e. The lowest BCUT2D eigenvalue weighted by atomic mass is 9.96. The van der Waals surface area contributed by atoms with E-state index in [2.05, 4.69) is 16.0 Å². The molecule has 0 aromatic rings. The summed E-state index contributed by atoms with van der Waals surface area (Å²) in [4.78, 5) is 60.9. The summed E-state index contributed by atoms with van der Waals surface area (Å²) >= 11 is 0. The van der Waals surface area contributed by atoms with Crippen LogP contribution in [0, 0.1) is 11.8 Å². The molecule has 35 heavy (non-hydrogen) atoms. The number of amides is 3. The Morgan fingerprint density at radius 1 is 0.829 bits per heavy atom. The fourth-order valence-electron chi connectivity index (χ4n) is 3.36. The third-order valence-electron chi connectivity index (χ3n) is 5.70. The maximum Gasteiger partial charge on any atom is 0.326 e. The highest BCUT2D eigenvalue weighted by Crippen LogP contribution is 2.12. The van der Waals surface area contributed by atoms with E-state index in [-0.39, 0.29) is 37.5 Å². The van der Waals surface area contributed by atoms with Crippen LogP contribution >= 0.6 is 0 Å². The first kappa shape index (κ1) is 32.3. The quantitative estimate of drug-likeness (QED) is 0.125. The molecule has 0 saturated heterocycles. The van der Waals surface area contributed by atoms with Crippen molar-refractivity contribution in [3.8, 4) is 0 Å².